The van der Waals surface area contributed by atoms with Crippen LogP contribution in [0.1, 0.15) is 37.0 Å². The number of hydrogen-bond donors (Lipinski definition) is 1. The number of benzene rings is 1. The number of ether oxygens (including phenoxy) is 3. The molecule has 1 rings (SSSR count). The highest BCUT2D eigenvalue weighted by Crippen LogP contribution is 2.38. The van der Waals surface area contributed by atoms with E-state index in [2.05, 4.69) is 19.2 Å². The number of carbonyl (C=O) groups excluding carboxylic acids is 1. The second-order valence-corrected chi connectivity index (χ2v) is 5.21. The van der Waals surface area contributed by atoms with Crippen LogP contribution in [0.15, 0.2) is 12.1 Å². The van der Waals surface area contributed by atoms with Crippen molar-refractivity contribution < 1.29 is 19.0 Å². The lowest BCUT2D eigenvalue weighted by Gasteiger charge is -2.14. The van der Waals surface area contributed by atoms with Gasteiger partial charge in [-0.2, -0.15) is 0 Å². The largest absolute Gasteiger partial charge is 0.493 e. The Bertz CT molecular complexity index is 446. The summed E-state index contributed by atoms with van der Waals surface area (Å²) in [5.74, 6) is 1.94. The second kappa shape index (κ2) is 8.39. The SMILES string of the molecule is COc1cc(C(=O)NCCCC(C)C)cc(OC)c1OC. The lowest BCUT2D eigenvalue weighted by Crippen LogP contribution is -2.24. The zero-order valence-corrected chi connectivity index (χ0v) is 13.5. The molecule has 1 aromatic rings. The van der Waals surface area contributed by atoms with Crippen molar-refractivity contribution in [2.45, 2.75) is 26.7 Å². The molecule has 0 aliphatic carbocycles. The predicted octanol–water partition coefficient (Wildman–Crippen LogP) is 2.88. The minimum Gasteiger partial charge on any atom is -0.493 e. The third-order valence-electron chi connectivity index (χ3n) is 3.17. The Morgan fingerprint density at radius 3 is 2.10 bits per heavy atom. The Morgan fingerprint density at radius 1 is 1.10 bits per heavy atom. The van der Waals surface area contributed by atoms with Crippen molar-refractivity contribution in [2.75, 3.05) is 27.9 Å². The number of carbonyl (C=O) groups is 1. The molecular formula is C16H25NO4. The summed E-state index contributed by atoms with van der Waals surface area (Å²) in [6.45, 7) is 5.00. The summed E-state index contributed by atoms with van der Waals surface area (Å²) in [7, 11) is 4.59. The topological polar surface area (TPSA) is 56.8 Å². The zero-order chi connectivity index (χ0) is 15.8. The van der Waals surface area contributed by atoms with Gasteiger partial charge in [-0.3, -0.25) is 4.79 Å². The van der Waals surface area contributed by atoms with Gasteiger partial charge in [0.15, 0.2) is 11.5 Å². The number of hydrogen-bond acceptors (Lipinski definition) is 4. The maximum absolute atomic E-state index is 12.2. The van der Waals surface area contributed by atoms with Crippen molar-refractivity contribution in [3.05, 3.63) is 17.7 Å². The van der Waals surface area contributed by atoms with Gasteiger partial charge in [0.05, 0.1) is 21.3 Å². The first-order valence-corrected chi connectivity index (χ1v) is 7.11. The van der Waals surface area contributed by atoms with Crippen LogP contribution in [0.3, 0.4) is 0 Å². The van der Waals surface area contributed by atoms with Crippen molar-refractivity contribution in [3.63, 3.8) is 0 Å². The molecule has 0 saturated heterocycles. The van der Waals surface area contributed by atoms with E-state index in [0.717, 1.165) is 12.8 Å². The minimum atomic E-state index is -0.141. The van der Waals surface area contributed by atoms with Crippen LogP contribution in [0.4, 0.5) is 0 Å². The Labute approximate surface area is 126 Å². The van der Waals surface area contributed by atoms with Gasteiger partial charge in [-0.15, -0.1) is 0 Å². The molecular weight excluding hydrogens is 270 g/mol. The monoisotopic (exact) mass is 295 g/mol. The maximum Gasteiger partial charge on any atom is 0.251 e. The summed E-state index contributed by atoms with van der Waals surface area (Å²) in [6, 6.07) is 3.30. The molecule has 118 valence electrons. The minimum absolute atomic E-state index is 0.141. The van der Waals surface area contributed by atoms with Gasteiger partial charge >= 0.3 is 0 Å². The van der Waals surface area contributed by atoms with Gasteiger partial charge in [0.1, 0.15) is 0 Å². The van der Waals surface area contributed by atoms with Gasteiger partial charge in [0.2, 0.25) is 5.75 Å². The molecule has 5 heteroatoms. The zero-order valence-electron chi connectivity index (χ0n) is 13.5. The van der Waals surface area contributed by atoms with Crippen LogP contribution >= 0.6 is 0 Å². The van der Waals surface area contributed by atoms with E-state index < -0.39 is 0 Å². The van der Waals surface area contributed by atoms with Crippen molar-refractivity contribution in [1.29, 1.82) is 0 Å². The van der Waals surface area contributed by atoms with Gasteiger partial charge in [-0.1, -0.05) is 13.8 Å². The Balaban J connectivity index is 2.80. The van der Waals surface area contributed by atoms with E-state index in [1.807, 2.05) is 0 Å². The predicted molar refractivity (Wildman–Crippen MR) is 82.5 cm³/mol. The molecule has 21 heavy (non-hydrogen) atoms. The number of rotatable bonds is 8. The molecule has 0 bridgehead atoms. The molecule has 0 aliphatic rings. The van der Waals surface area contributed by atoms with E-state index >= 15 is 0 Å². The van der Waals surface area contributed by atoms with Crippen LogP contribution in [0.2, 0.25) is 0 Å². The van der Waals surface area contributed by atoms with Crippen molar-refractivity contribution in [2.24, 2.45) is 5.92 Å². The maximum atomic E-state index is 12.2. The summed E-state index contributed by atoms with van der Waals surface area (Å²) >= 11 is 0. The molecule has 0 spiro atoms. The summed E-state index contributed by atoms with van der Waals surface area (Å²) in [4.78, 5) is 12.2. The van der Waals surface area contributed by atoms with Crippen molar-refractivity contribution in [3.8, 4) is 17.2 Å². The van der Waals surface area contributed by atoms with E-state index in [0.29, 0.717) is 35.3 Å². The standard InChI is InChI=1S/C16H25NO4/c1-11(2)7-6-8-17-16(18)12-9-13(19-3)15(21-5)14(10-12)20-4/h9-11H,6-8H2,1-5H3,(H,17,18). The summed E-state index contributed by atoms with van der Waals surface area (Å²) in [5, 5.41) is 2.90. The van der Waals surface area contributed by atoms with Crippen LogP contribution in [0.5, 0.6) is 17.2 Å². The van der Waals surface area contributed by atoms with E-state index in [1.165, 1.54) is 21.3 Å². The smallest absolute Gasteiger partial charge is 0.251 e. The Kier molecular flexibility index (Phi) is 6.85. The van der Waals surface area contributed by atoms with Crippen LogP contribution in [-0.4, -0.2) is 33.8 Å². The molecule has 0 fully saturated rings. The molecule has 0 aliphatic heterocycles. The normalized spacial score (nSPS) is 10.4. The van der Waals surface area contributed by atoms with Gasteiger partial charge < -0.3 is 19.5 Å². The third kappa shape index (κ3) is 4.85. The molecule has 0 radical (unpaired) electrons. The molecule has 1 amide bonds. The van der Waals surface area contributed by atoms with Crippen LogP contribution in [0.25, 0.3) is 0 Å². The van der Waals surface area contributed by atoms with Gasteiger partial charge in [0.25, 0.3) is 5.91 Å². The summed E-state index contributed by atoms with van der Waals surface area (Å²) in [5.41, 5.74) is 0.494. The lowest BCUT2D eigenvalue weighted by atomic mass is 10.1. The van der Waals surface area contributed by atoms with E-state index in [1.54, 1.807) is 12.1 Å². The highest BCUT2D eigenvalue weighted by Gasteiger charge is 2.16. The molecule has 0 unspecified atom stereocenters. The van der Waals surface area contributed by atoms with E-state index in [9.17, 15) is 4.79 Å². The first kappa shape index (κ1) is 17.1. The summed E-state index contributed by atoms with van der Waals surface area (Å²) < 4.78 is 15.7. The molecule has 0 atom stereocenters. The van der Waals surface area contributed by atoms with E-state index in [-0.39, 0.29) is 5.91 Å². The van der Waals surface area contributed by atoms with Gasteiger partial charge in [-0.25, -0.2) is 0 Å². The molecule has 0 saturated carbocycles. The Hall–Kier alpha value is -1.91. The lowest BCUT2D eigenvalue weighted by molar-refractivity contribution is 0.0951. The first-order valence-electron chi connectivity index (χ1n) is 7.11. The summed E-state index contributed by atoms with van der Waals surface area (Å²) in [6.07, 6.45) is 2.06. The molecule has 1 N–H and O–H groups in total. The molecule has 0 aromatic heterocycles. The molecule has 5 nitrogen and oxygen atoms in total. The third-order valence-corrected chi connectivity index (χ3v) is 3.17. The van der Waals surface area contributed by atoms with Crippen LogP contribution < -0.4 is 19.5 Å². The van der Waals surface area contributed by atoms with Crippen molar-refractivity contribution >= 4 is 5.91 Å². The first-order chi connectivity index (χ1) is 10.0. The molecule has 1 aromatic carbocycles. The highest BCUT2D eigenvalue weighted by atomic mass is 16.5. The number of amides is 1. The second-order valence-electron chi connectivity index (χ2n) is 5.21. The molecule has 0 heterocycles. The van der Waals surface area contributed by atoms with Gasteiger partial charge in [0, 0.05) is 12.1 Å². The fourth-order valence-electron chi connectivity index (χ4n) is 2.03. The average Bonchev–Trinajstić information content (AvgIpc) is 2.49. The van der Waals surface area contributed by atoms with Crippen LogP contribution in [0, 0.1) is 5.92 Å². The van der Waals surface area contributed by atoms with Gasteiger partial charge in [-0.05, 0) is 30.9 Å². The van der Waals surface area contributed by atoms with Crippen LogP contribution in [-0.2, 0) is 0 Å². The fraction of sp³-hybridized carbons (Fsp3) is 0.562. The Morgan fingerprint density at radius 2 is 1.67 bits per heavy atom. The highest BCUT2D eigenvalue weighted by molar-refractivity contribution is 5.95. The fourth-order valence-corrected chi connectivity index (χ4v) is 2.03. The van der Waals surface area contributed by atoms with Crippen molar-refractivity contribution in [1.82, 2.24) is 5.32 Å². The number of methoxy groups -OCH3 is 3. The van der Waals surface area contributed by atoms with E-state index in [4.69, 9.17) is 14.2 Å². The quantitative estimate of drug-likeness (QED) is 0.749. The average molecular weight is 295 g/mol. The number of nitrogens with one attached hydrogen (secondary N) is 1.